The molecule has 6 heteroatoms. The van der Waals surface area contributed by atoms with E-state index in [0.29, 0.717) is 23.7 Å². The van der Waals surface area contributed by atoms with E-state index in [4.69, 9.17) is 4.74 Å². The molecule has 0 fully saturated rings. The molecule has 4 aromatic rings. The second kappa shape index (κ2) is 11.7. The van der Waals surface area contributed by atoms with Crippen molar-refractivity contribution in [2.45, 2.75) is 31.1 Å². The molecule has 4 aromatic carbocycles. The molecule has 0 amide bonds. The lowest BCUT2D eigenvalue weighted by molar-refractivity contribution is -0.446. The number of anilines is 1. The first-order chi connectivity index (χ1) is 17.5. The average Bonchev–Trinajstić information content (AvgIpc) is 2.92. The second-order valence-corrected chi connectivity index (χ2v) is 10.2. The Kier molecular flexibility index (Phi) is 8.18. The molecule has 0 saturated carbocycles. The van der Waals surface area contributed by atoms with Crippen LogP contribution < -0.4 is 4.41 Å². The fourth-order valence-electron chi connectivity index (χ4n) is 4.03. The molecule has 0 aromatic heterocycles. The van der Waals surface area contributed by atoms with Crippen LogP contribution in [0.4, 0.5) is 11.4 Å². The van der Waals surface area contributed by atoms with Crippen LogP contribution in [0.2, 0.25) is 0 Å². The van der Waals surface area contributed by atoms with Gasteiger partial charge in [0.1, 0.15) is 5.69 Å². The number of para-hydroxylation sites is 2. The minimum absolute atomic E-state index is 0.206. The lowest BCUT2D eigenvalue weighted by Gasteiger charge is -2.22. The minimum Gasteiger partial charge on any atom is -0.449 e. The van der Waals surface area contributed by atoms with Crippen molar-refractivity contribution in [3.05, 3.63) is 126 Å². The third kappa shape index (κ3) is 5.83. The van der Waals surface area contributed by atoms with Crippen LogP contribution in [0.15, 0.2) is 120 Å². The van der Waals surface area contributed by atoms with Crippen molar-refractivity contribution in [2.75, 3.05) is 11.5 Å². The van der Waals surface area contributed by atoms with Crippen LogP contribution in [0.5, 0.6) is 0 Å². The quantitative estimate of drug-likeness (QED) is 0.114. The number of hydrogen-bond donors (Lipinski definition) is 0. The number of hydrogen-bond acceptors (Lipinski definition) is 3. The molecule has 0 heterocycles. The first kappa shape index (κ1) is 25.2. The molecule has 0 radical (unpaired) electrons. The summed E-state index contributed by atoms with van der Waals surface area (Å²) in [4.78, 5) is 0.206. The van der Waals surface area contributed by atoms with Gasteiger partial charge in [-0.25, -0.2) is 0 Å². The van der Waals surface area contributed by atoms with Crippen molar-refractivity contribution >= 4 is 27.3 Å². The van der Waals surface area contributed by atoms with Gasteiger partial charge in [0.15, 0.2) is 0 Å². The molecule has 0 spiro atoms. The largest absolute Gasteiger partial charge is 0.449 e. The van der Waals surface area contributed by atoms with Crippen molar-refractivity contribution in [2.24, 2.45) is 0 Å². The summed E-state index contributed by atoms with van der Waals surface area (Å²) in [6.45, 7) is 1.94. The van der Waals surface area contributed by atoms with E-state index in [9.17, 15) is 8.42 Å². The van der Waals surface area contributed by atoms with Gasteiger partial charge in [-0.2, -0.15) is 8.42 Å². The molecule has 0 unspecified atom stereocenters. The number of sulfonamides is 1. The highest BCUT2D eigenvalue weighted by Crippen LogP contribution is 2.29. The maximum Gasteiger partial charge on any atom is 0.372 e. The van der Waals surface area contributed by atoms with E-state index in [2.05, 4.69) is 12.1 Å². The van der Waals surface area contributed by atoms with Crippen LogP contribution in [-0.2, 0) is 21.2 Å². The fourth-order valence-corrected chi connectivity index (χ4v) is 5.51. The zero-order valence-corrected chi connectivity index (χ0v) is 21.4. The predicted octanol–water partition coefficient (Wildman–Crippen LogP) is 6.52. The Morgan fingerprint density at radius 1 is 0.778 bits per heavy atom. The Labute approximate surface area is 214 Å². The Bertz CT molecular complexity index is 1390. The smallest absolute Gasteiger partial charge is 0.372 e. The first-order valence-corrected chi connectivity index (χ1v) is 13.4. The first-order valence-electron chi connectivity index (χ1n) is 12.0. The summed E-state index contributed by atoms with van der Waals surface area (Å²) in [7, 11) is -2.40. The maximum atomic E-state index is 14.2. The number of rotatable bonds is 9. The lowest BCUT2D eigenvalue weighted by Crippen LogP contribution is -2.41. The zero-order chi connectivity index (χ0) is 25.4. The molecule has 36 heavy (non-hydrogen) atoms. The highest BCUT2D eigenvalue weighted by Gasteiger charge is 2.38. The summed E-state index contributed by atoms with van der Waals surface area (Å²) in [5.74, 6) is 0.539. The third-order valence-electron chi connectivity index (χ3n) is 5.88. The predicted molar refractivity (Wildman–Crippen MR) is 145 cm³/mol. The van der Waals surface area contributed by atoms with E-state index in [1.807, 2.05) is 85.8 Å². The number of nitrogens with zero attached hydrogens (tertiary/aromatic N) is 2. The van der Waals surface area contributed by atoms with Crippen molar-refractivity contribution in [1.82, 2.24) is 0 Å². The van der Waals surface area contributed by atoms with Crippen LogP contribution in [-0.4, -0.2) is 26.1 Å². The molecule has 0 saturated heterocycles. The van der Waals surface area contributed by atoms with Crippen LogP contribution >= 0.6 is 0 Å². The van der Waals surface area contributed by atoms with Gasteiger partial charge in [0.2, 0.25) is 5.69 Å². The van der Waals surface area contributed by atoms with Crippen LogP contribution in [0.1, 0.15) is 24.0 Å². The molecule has 0 bridgehead atoms. The SMILES string of the molecule is COC(CCCc1ccccc1)=[N+](c1ccccc1)N(c1ccccc1)S(=O)(=O)c1ccc(C)cc1. The lowest BCUT2D eigenvalue weighted by atomic mass is 10.1. The summed E-state index contributed by atoms with van der Waals surface area (Å²) in [6, 6.07) is 35.7. The molecule has 0 aliphatic heterocycles. The van der Waals surface area contributed by atoms with Gasteiger partial charge in [0.25, 0.3) is 0 Å². The molecule has 4 rings (SSSR count). The summed E-state index contributed by atoms with van der Waals surface area (Å²) in [5.41, 5.74) is 3.42. The van der Waals surface area contributed by atoms with Gasteiger partial charge in [-0.15, -0.1) is 0 Å². The van der Waals surface area contributed by atoms with E-state index in [0.717, 1.165) is 18.4 Å². The maximum absolute atomic E-state index is 14.2. The zero-order valence-electron chi connectivity index (χ0n) is 20.6. The average molecular weight is 500 g/mol. The monoisotopic (exact) mass is 499 g/mol. The number of hydrazine groups is 1. The Morgan fingerprint density at radius 2 is 1.33 bits per heavy atom. The molecule has 5 nitrogen and oxygen atoms in total. The minimum atomic E-state index is -3.99. The van der Waals surface area contributed by atoms with Gasteiger partial charge in [-0.3, -0.25) is 0 Å². The summed E-state index contributed by atoms with van der Waals surface area (Å²) < 4.78 is 37.3. The van der Waals surface area contributed by atoms with E-state index in [-0.39, 0.29) is 4.90 Å². The molecular weight excluding hydrogens is 468 g/mol. The van der Waals surface area contributed by atoms with Crippen LogP contribution in [0, 0.1) is 6.92 Å². The van der Waals surface area contributed by atoms with Gasteiger partial charge in [0.05, 0.1) is 18.4 Å². The summed E-state index contributed by atoms with van der Waals surface area (Å²) in [6.07, 6.45) is 2.20. The highest BCUT2D eigenvalue weighted by atomic mass is 32.2. The molecular formula is C30H31N2O3S+. The van der Waals surface area contributed by atoms with Gasteiger partial charge in [0, 0.05) is 12.1 Å². The number of aryl methyl sites for hydroxylation is 2. The van der Waals surface area contributed by atoms with E-state index in [1.54, 1.807) is 36.1 Å². The van der Waals surface area contributed by atoms with Crippen molar-refractivity contribution in [3.8, 4) is 0 Å². The van der Waals surface area contributed by atoms with E-state index in [1.165, 1.54) is 9.98 Å². The molecule has 184 valence electrons. The molecule has 0 aliphatic rings. The second-order valence-electron chi connectivity index (χ2n) is 8.48. The highest BCUT2D eigenvalue weighted by molar-refractivity contribution is 7.92. The van der Waals surface area contributed by atoms with E-state index >= 15 is 0 Å². The molecule has 0 N–H and O–H groups in total. The Morgan fingerprint density at radius 3 is 1.92 bits per heavy atom. The molecule has 0 atom stereocenters. The van der Waals surface area contributed by atoms with Gasteiger partial charge >= 0.3 is 15.9 Å². The number of benzene rings is 4. The van der Waals surface area contributed by atoms with Crippen molar-refractivity contribution in [3.63, 3.8) is 0 Å². The van der Waals surface area contributed by atoms with Crippen molar-refractivity contribution < 1.29 is 17.8 Å². The number of ether oxygens (including phenoxy) is 1. The number of methoxy groups -OCH3 is 1. The summed E-state index contributed by atoms with van der Waals surface area (Å²) in [5, 5.41) is 0. The van der Waals surface area contributed by atoms with Crippen molar-refractivity contribution in [1.29, 1.82) is 0 Å². The summed E-state index contributed by atoms with van der Waals surface area (Å²) >= 11 is 0. The fraction of sp³-hybridized carbons (Fsp3) is 0.167. The normalized spacial score (nSPS) is 12.1. The Hall–Kier alpha value is -3.90. The van der Waals surface area contributed by atoms with E-state index < -0.39 is 10.0 Å². The molecule has 0 aliphatic carbocycles. The van der Waals surface area contributed by atoms with Gasteiger partial charge in [-0.05, 0) is 58.7 Å². The Balaban J connectivity index is 1.86. The van der Waals surface area contributed by atoms with Crippen LogP contribution in [0.25, 0.3) is 0 Å². The van der Waals surface area contributed by atoms with Gasteiger partial charge in [-0.1, -0.05) is 84.4 Å². The third-order valence-corrected chi connectivity index (χ3v) is 7.57. The van der Waals surface area contributed by atoms with Gasteiger partial charge < -0.3 is 4.74 Å². The topological polar surface area (TPSA) is 49.6 Å². The standard InChI is InChI=1S/C30H31N2O3S/c1-25-21-23-29(24-22-25)36(33,34)32(28-18-10-5-11-19-28)31(27-16-8-4-9-17-27)30(35-2)20-12-15-26-13-6-3-7-14-26/h3-11,13-14,16-19,21-24H,12,15,20H2,1-2H3/q+1. The number of hydrazone groups is 1. The van der Waals surface area contributed by atoms with Crippen LogP contribution in [0.3, 0.4) is 0 Å².